The highest BCUT2D eigenvalue weighted by atomic mass is 32.2. The Balaban J connectivity index is 1.38. The minimum absolute atomic E-state index is 0.0153. The summed E-state index contributed by atoms with van der Waals surface area (Å²) in [6.07, 6.45) is -1.90. The van der Waals surface area contributed by atoms with Gasteiger partial charge in [0.2, 0.25) is 9.84 Å². The van der Waals surface area contributed by atoms with Gasteiger partial charge in [0.15, 0.2) is 0 Å². The number of hydrogen-bond acceptors (Lipinski definition) is 8. The van der Waals surface area contributed by atoms with E-state index in [1.165, 1.54) is 48.5 Å². The highest BCUT2D eigenvalue weighted by Crippen LogP contribution is 2.25. The first-order valence-electron chi connectivity index (χ1n) is 10.2. The highest BCUT2D eigenvalue weighted by Gasteiger charge is 2.19. The first-order chi connectivity index (χ1) is 16.9. The molecule has 4 aromatic rings. The molecule has 0 bridgehead atoms. The van der Waals surface area contributed by atoms with Crippen molar-refractivity contribution in [3.8, 4) is 23.0 Å². The summed E-state index contributed by atoms with van der Waals surface area (Å²) in [7, 11) is -3.87. The largest absolute Gasteiger partial charge is 0.519 e. The van der Waals surface area contributed by atoms with Crippen LogP contribution in [-0.2, 0) is 9.84 Å². The SMILES string of the molecule is O=C(Oc1ccccc1)Oc1ccc(S(=O)(=O)c2ccc(OC(=O)Oc3ccccc3)cc2)cc1. The van der Waals surface area contributed by atoms with E-state index in [1.807, 2.05) is 0 Å². The molecular weight excluding hydrogens is 472 g/mol. The van der Waals surface area contributed by atoms with Crippen LogP contribution in [0.4, 0.5) is 9.59 Å². The van der Waals surface area contributed by atoms with Crippen LogP contribution in [0, 0.1) is 0 Å². The van der Waals surface area contributed by atoms with Gasteiger partial charge in [-0.3, -0.25) is 0 Å². The van der Waals surface area contributed by atoms with Crippen molar-refractivity contribution in [2.75, 3.05) is 0 Å². The molecule has 0 saturated heterocycles. The van der Waals surface area contributed by atoms with Crippen LogP contribution >= 0.6 is 0 Å². The molecule has 0 radical (unpaired) electrons. The zero-order valence-electron chi connectivity index (χ0n) is 18.1. The van der Waals surface area contributed by atoms with Crippen molar-refractivity contribution in [2.45, 2.75) is 9.79 Å². The second-order valence-corrected chi connectivity index (χ2v) is 8.93. The van der Waals surface area contributed by atoms with Gasteiger partial charge in [0.05, 0.1) is 9.79 Å². The van der Waals surface area contributed by atoms with Gasteiger partial charge in [-0.1, -0.05) is 36.4 Å². The molecule has 0 aliphatic heterocycles. The quantitative estimate of drug-likeness (QED) is 0.251. The second kappa shape index (κ2) is 10.5. The summed E-state index contributed by atoms with van der Waals surface area (Å²) < 4.78 is 46.0. The maximum atomic E-state index is 12.9. The summed E-state index contributed by atoms with van der Waals surface area (Å²) in [5.74, 6) is 0.867. The van der Waals surface area contributed by atoms with Gasteiger partial charge in [0.25, 0.3) is 0 Å². The summed E-state index contributed by atoms with van der Waals surface area (Å²) >= 11 is 0. The summed E-state index contributed by atoms with van der Waals surface area (Å²) in [5, 5.41) is 0. The zero-order valence-corrected chi connectivity index (χ0v) is 18.9. The number of carbonyl (C=O) groups excluding carboxylic acids is 2. The predicted octanol–water partition coefficient (Wildman–Crippen LogP) is 5.68. The molecule has 0 aliphatic carbocycles. The van der Waals surface area contributed by atoms with Crippen LogP contribution in [0.1, 0.15) is 0 Å². The molecule has 0 aromatic heterocycles. The van der Waals surface area contributed by atoms with E-state index < -0.39 is 22.1 Å². The van der Waals surface area contributed by atoms with Crippen molar-refractivity contribution < 1.29 is 37.0 Å². The third kappa shape index (κ3) is 6.24. The van der Waals surface area contributed by atoms with Gasteiger partial charge in [0.1, 0.15) is 23.0 Å². The van der Waals surface area contributed by atoms with Crippen LogP contribution in [-0.4, -0.2) is 20.7 Å². The number of ether oxygens (including phenoxy) is 4. The minimum atomic E-state index is -3.87. The van der Waals surface area contributed by atoms with E-state index in [-0.39, 0.29) is 21.3 Å². The molecule has 0 fully saturated rings. The molecule has 0 amide bonds. The Morgan fingerprint density at radius 2 is 0.714 bits per heavy atom. The lowest BCUT2D eigenvalue weighted by Crippen LogP contribution is -2.14. The minimum Gasteiger partial charge on any atom is -0.395 e. The summed E-state index contributed by atoms with van der Waals surface area (Å²) in [6.45, 7) is 0. The van der Waals surface area contributed by atoms with E-state index in [4.69, 9.17) is 18.9 Å². The highest BCUT2D eigenvalue weighted by molar-refractivity contribution is 7.91. The fourth-order valence-electron chi connectivity index (χ4n) is 2.91. The van der Waals surface area contributed by atoms with Gasteiger partial charge in [-0.25, -0.2) is 18.0 Å². The Hall–Kier alpha value is -4.63. The number of carbonyl (C=O) groups is 2. The van der Waals surface area contributed by atoms with Crippen molar-refractivity contribution in [1.29, 1.82) is 0 Å². The van der Waals surface area contributed by atoms with Gasteiger partial charge in [0, 0.05) is 0 Å². The van der Waals surface area contributed by atoms with Crippen molar-refractivity contribution >= 4 is 22.1 Å². The molecule has 0 spiro atoms. The fourth-order valence-corrected chi connectivity index (χ4v) is 4.17. The van der Waals surface area contributed by atoms with Crippen LogP contribution in [0.5, 0.6) is 23.0 Å². The van der Waals surface area contributed by atoms with E-state index in [1.54, 1.807) is 60.7 Å². The van der Waals surface area contributed by atoms with E-state index >= 15 is 0 Å². The molecule has 35 heavy (non-hydrogen) atoms. The normalized spacial score (nSPS) is 10.7. The van der Waals surface area contributed by atoms with Crippen LogP contribution in [0.3, 0.4) is 0 Å². The lowest BCUT2D eigenvalue weighted by molar-refractivity contribution is 0.150. The number of rotatable bonds is 6. The van der Waals surface area contributed by atoms with Gasteiger partial charge >= 0.3 is 12.3 Å². The monoisotopic (exact) mass is 490 g/mol. The fraction of sp³-hybridized carbons (Fsp3) is 0. The molecule has 0 aliphatic rings. The molecule has 9 heteroatoms. The summed E-state index contributed by atoms with van der Waals surface area (Å²) in [6, 6.07) is 27.4. The topological polar surface area (TPSA) is 105 Å². The van der Waals surface area contributed by atoms with Crippen molar-refractivity contribution in [3.05, 3.63) is 109 Å². The molecule has 0 unspecified atom stereocenters. The Morgan fingerprint density at radius 1 is 0.429 bits per heavy atom. The summed E-state index contributed by atoms with van der Waals surface area (Å²) in [4.78, 5) is 23.7. The zero-order chi connectivity index (χ0) is 24.7. The van der Waals surface area contributed by atoms with Gasteiger partial charge in [-0.05, 0) is 72.8 Å². The first kappa shape index (κ1) is 23.5. The number of benzene rings is 4. The molecular formula is C26H18O8S. The Kier molecular flexibility index (Phi) is 7.08. The predicted molar refractivity (Wildman–Crippen MR) is 125 cm³/mol. The number of sulfone groups is 1. The first-order valence-corrected chi connectivity index (χ1v) is 11.7. The van der Waals surface area contributed by atoms with E-state index in [9.17, 15) is 18.0 Å². The maximum absolute atomic E-state index is 12.9. The maximum Gasteiger partial charge on any atom is 0.519 e. The van der Waals surface area contributed by atoms with Gasteiger partial charge < -0.3 is 18.9 Å². The second-order valence-electron chi connectivity index (χ2n) is 6.98. The van der Waals surface area contributed by atoms with Gasteiger partial charge in [-0.2, -0.15) is 0 Å². The molecule has 0 heterocycles. The molecule has 0 N–H and O–H groups in total. The molecule has 0 atom stereocenters. The third-order valence-corrected chi connectivity index (χ3v) is 6.34. The van der Waals surface area contributed by atoms with Crippen LogP contribution in [0.25, 0.3) is 0 Å². The van der Waals surface area contributed by atoms with Crippen LogP contribution < -0.4 is 18.9 Å². The molecule has 8 nitrogen and oxygen atoms in total. The Morgan fingerprint density at radius 3 is 1.03 bits per heavy atom. The van der Waals surface area contributed by atoms with E-state index in [2.05, 4.69) is 0 Å². The van der Waals surface area contributed by atoms with Crippen molar-refractivity contribution in [2.24, 2.45) is 0 Å². The van der Waals surface area contributed by atoms with Crippen molar-refractivity contribution in [1.82, 2.24) is 0 Å². The Bertz CT molecular complexity index is 1300. The van der Waals surface area contributed by atoms with E-state index in [0.29, 0.717) is 11.5 Å². The Labute approximate surface area is 201 Å². The molecule has 0 saturated carbocycles. The average molecular weight is 490 g/mol. The van der Waals surface area contributed by atoms with E-state index in [0.717, 1.165) is 0 Å². The standard InChI is InChI=1S/C26H18O8S/c27-25(31-19-7-3-1-4-8-19)33-21-11-15-23(16-12-21)35(29,30)24-17-13-22(14-18-24)34-26(28)32-20-9-5-2-6-10-20/h1-18H. The van der Waals surface area contributed by atoms with Crippen LogP contribution in [0.15, 0.2) is 119 Å². The van der Waals surface area contributed by atoms with Crippen LogP contribution in [0.2, 0.25) is 0 Å². The number of hydrogen-bond donors (Lipinski definition) is 0. The smallest absolute Gasteiger partial charge is 0.395 e. The molecule has 4 rings (SSSR count). The average Bonchev–Trinajstić information content (AvgIpc) is 2.86. The lowest BCUT2D eigenvalue weighted by atomic mass is 10.3. The van der Waals surface area contributed by atoms with Gasteiger partial charge in [-0.15, -0.1) is 0 Å². The molecule has 4 aromatic carbocycles. The summed E-state index contributed by atoms with van der Waals surface area (Å²) in [5.41, 5.74) is 0. The number of para-hydroxylation sites is 2. The molecule has 176 valence electrons. The lowest BCUT2D eigenvalue weighted by Gasteiger charge is -2.09. The third-order valence-electron chi connectivity index (χ3n) is 4.56. The van der Waals surface area contributed by atoms with Crippen molar-refractivity contribution in [3.63, 3.8) is 0 Å².